The van der Waals surface area contributed by atoms with Crippen LogP contribution in [0, 0.1) is 0 Å². The molecule has 0 spiro atoms. The number of amides is 3. The minimum absolute atomic E-state index is 0.155. The molecule has 0 saturated carbocycles. The standard InChI is InChI=1S/C31H40N4O3/c1-22-12-11-21-35(22)31(38)34-28(18-8-3-5-13-23(2)36)30(37)32-20-19-26-25-16-9-10-17-27(25)33-29(26)24-14-6-4-7-15-24/h4,6-7,9-10,14-17,22,28,33H,3,5,8,11-13,18-21H2,1-2H3,(H,32,37)(H,34,38)/t22-,28+/m1/s1. The van der Waals surface area contributed by atoms with Crippen LogP contribution in [0.15, 0.2) is 54.6 Å². The van der Waals surface area contributed by atoms with Gasteiger partial charge in [0.25, 0.3) is 0 Å². The molecule has 2 aromatic carbocycles. The van der Waals surface area contributed by atoms with Crippen LogP contribution in [0.3, 0.4) is 0 Å². The first-order chi connectivity index (χ1) is 18.4. The lowest BCUT2D eigenvalue weighted by Gasteiger charge is -2.26. The van der Waals surface area contributed by atoms with Gasteiger partial charge in [-0.2, -0.15) is 0 Å². The van der Waals surface area contributed by atoms with Crippen LogP contribution in [0.4, 0.5) is 4.79 Å². The zero-order chi connectivity index (χ0) is 26.9. The molecule has 1 aliphatic heterocycles. The number of fused-ring (bicyclic) bond motifs is 1. The maximum absolute atomic E-state index is 13.3. The Morgan fingerprint density at radius 2 is 1.79 bits per heavy atom. The van der Waals surface area contributed by atoms with Crippen molar-refractivity contribution in [1.82, 2.24) is 20.5 Å². The average Bonchev–Trinajstić information content (AvgIpc) is 3.51. The maximum Gasteiger partial charge on any atom is 0.318 e. The third-order valence-corrected chi connectivity index (χ3v) is 7.50. The van der Waals surface area contributed by atoms with Crippen molar-refractivity contribution < 1.29 is 14.4 Å². The molecule has 0 unspecified atom stereocenters. The van der Waals surface area contributed by atoms with E-state index in [4.69, 9.17) is 0 Å². The van der Waals surface area contributed by atoms with Crippen LogP contribution in [-0.2, 0) is 16.0 Å². The number of carbonyl (C=O) groups excluding carboxylic acids is 3. The van der Waals surface area contributed by atoms with Crippen LogP contribution >= 0.6 is 0 Å². The van der Waals surface area contributed by atoms with Crippen LogP contribution in [-0.4, -0.2) is 52.8 Å². The number of unbranched alkanes of at least 4 members (excludes halogenated alkanes) is 2. The van der Waals surface area contributed by atoms with Crippen LogP contribution < -0.4 is 10.6 Å². The van der Waals surface area contributed by atoms with E-state index in [0.717, 1.165) is 60.8 Å². The Bertz CT molecular complexity index is 1240. The van der Waals surface area contributed by atoms with E-state index < -0.39 is 6.04 Å². The van der Waals surface area contributed by atoms with Gasteiger partial charge in [-0.1, -0.05) is 61.4 Å². The fraction of sp³-hybridized carbons (Fsp3) is 0.452. The Balaban J connectivity index is 1.41. The van der Waals surface area contributed by atoms with E-state index in [2.05, 4.69) is 46.8 Å². The Morgan fingerprint density at radius 3 is 2.53 bits per heavy atom. The minimum Gasteiger partial charge on any atom is -0.354 e. The van der Waals surface area contributed by atoms with Crippen molar-refractivity contribution in [3.05, 3.63) is 60.2 Å². The number of Topliss-reactive ketones (excluding diaryl/α,β-unsaturated/α-hetero) is 1. The lowest BCUT2D eigenvalue weighted by molar-refractivity contribution is -0.123. The smallest absolute Gasteiger partial charge is 0.318 e. The largest absolute Gasteiger partial charge is 0.354 e. The van der Waals surface area contributed by atoms with Gasteiger partial charge in [0.1, 0.15) is 11.8 Å². The average molecular weight is 517 g/mol. The third-order valence-electron chi connectivity index (χ3n) is 7.50. The van der Waals surface area contributed by atoms with Crippen molar-refractivity contribution in [2.45, 2.75) is 77.3 Å². The first-order valence-corrected chi connectivity index (χ1v) is 13.9. The highest BCUT2D eigenvalue weighted by Gasteiger charge is 2.28. The van der Waals surface area contributed by atoms with Gasteiger partial charge in [0.2, 0.25) is 5.91 Å². The molecule has 3 N–H and O–H groups in total. The number of rotatable bonds is 12. The van der Waals surface area contributed by atoms with Crippen LogP contribution in [0.1, 0.15) is 64.4 Å². The number of para-hydroxylation sites is 1. The quantitative estimate of drug-likeness (QED) is 0.274. The highest BCUT2D eigenvalue weighted by Crippen LogP contribution is 2.30. The molecule has 38 heavy (non-hydrogen) atoms. The number of nitrogens with zero attached hydrogens (tertiary/aromatic N) is 1. The van der Waals surface area contributed by atoms with Crippen molar-refractivity contribution in [2.24, 2.45) is 0 Å². The van der Waals surface area contributed by atoms with Gasteiger partial charge in [-0.15, -0.1) is 0 Å². The first kappa shape index (κ1) is 27.4. The summed E-state index contributed by atoms with van der Waals surface area (Å²) < 4.78 is 0. The van der Waals surface area contributed by atoms with Gasteiger partial charge >= 0.3 is 6.03 Å². The molecule has 0 aliphatic carbocycles. The van der Waals surface area contributed by atoms with E-state index in [9.17, 15) is 14.4 Å². The summed E-state index contributed by atoms with van der Waals surface area (Å²) >= 11 is 0. The summed E-state index contributed by atoms with van der Waals surface area (Å²) in [6.07, 6.45) is 6.21. The summed E-state index contributed by atoms with van der Waals surface area (Å²) in [6.45, 7) is 4.85. The number of nitrogens with one attached hydrogen (secondary N) is 3. The number of aromatic amines is 1. The van der Waals surface area contributed by atoms with Gasteiger partial charge in [-0.25, -0.2) is 4.79 Å². The summed E-state index contributed by atoms with van der Waals surface area (Å²) in [6, 6.07) is 17.9. The topological polar surface area (TPSA) is 94.3 Å². The molecule has 0 radical (unpaired) electrons. The van der Waals surface area contributed by atoms with Crippen molar-refractivity contribution >= 4 is 28.6 Å². The SMILES string of the molecule is CC(=O)CCCCC[C@H](NC(=O)N1CCC[C@H]1C)C(=O)NCCc1c(-c2ccccc2)[nH]c2ccccc12. The number of benzene rings is 2. The molecule has 2 heterocycles. The molecule has 4 rings (SSSR count). The van der Waals surface area contributed by atoms with Gasteiger partial charge in [0, 0.05) is 42.1 Å². The monoisotopic (exact) mass is 516 g/mol. The minimum atomic E-state index is -0.593. The number of H-pyrrole nitrogens is 1. The lowest BCUT2D eigenvalue weighted by atomic mass is 10.0. The molecule has 0 bridgehead atoms. The third kappa shape index (κ3) is 7.03. The van der Waals surface area contributed by atoms with Crippen molar-refractivity contribution in [3.8, 4) is 11.3 Å². The van der Waals surface area contributed by atoms with Gasteiger partial charge in [0.15, 0.2) is 0 Å². The van der Waals surface area contributed by atoms with Gasteiger partial charge in [0.05, 0.1) is 0 Å². The van der Waals surface area contributed by atoms with E-state index in [-0.39, 0.29) is 23.8 Å². The van der Waals surface area contributed by atoms with Crippen LogP contribution in [0.2, 0.25) is 0 Å². The molecular formula is C31H40N4O3. The first-order valence-electron chi connectivity index (χ1n) is 13.9. The molecule has 3 aromatic rings. The number of aromatic nitrogens is 1. The Labute approximate surface area is 225 Å². The molecule has 7 nitrogen and oxygen atoms in total. The number of hydrogen-bond donors (Lipinski definition) is 3. The van der Waals surface area contributed by atoms with Gasteiger partial charge in [-0.05, 0) is 63.1 Å². The van der Waals surface area contributed by atoms with Crippen LogP contribution in [0.25, 0.3) is 22.2 Å². The molecule has 1 fully saturated rings. The number of hydrogen-bond acceptors (Lipinski definition) is 3. The second-order valence-corrected chi connectivity index (χ2v) is 10.4. The summed E-state index contributed by atoms with van der Waals surface area (Å²) in [4.78, 5) is 42.9. The predicted molar refractivity (Wildman–Crippen MR) is 152 cm³/mol. The Hall–Kier alpha value is -3.61. The van der Waals surface area contributed by atoms with Gasteiger partial charge < -0.3 is 25.3 Å². The van der Waals surface area contributed by atoms with Crippen molar-refractivity contribution in [1.29, 1.82) is 0 Å². The molecule has 1 aromatic heterocycles. The Morgan fingerprint density at radius 1 is 1.03 bits per heavy atom. The summed E-state index contributed by atoms with van der Waals surface area (Å²) in [5.41, 5.74) is 4.42. The number of carbonyl (C=O) groups is 3. The molecule has 202 valence electrons. The van der Waals surface area contributed by atoms with E-state index in [1.54, 1.807) is 6.92 Å². The number of ketones is 1. The van der Waals surface area contributed by atoms with E-state index in [1.807, 2.05) is 35.2 Å². The molecule has 2 atom stereocenters. The molecule has 1 saturated heterocycles. The summed E-state index contributed by atoms with van der Waals surface area (Å²) in [7, 11) is 0. The lowest BCUT2D eigenvalue weighted by Crippen LogP contribution is -2.52. The van der Waals surface area contributed by atoms with E-state index in [0.29, 0.717) is 25.8 Å². The molecule has 7 heteroatoms. The molecule has 3 amide bonds. The number of likely N-dealkylation sites (tertiary alicyclic amines) is 1. The zero-order valence-corrected chi connectivity index (χ0v) is 22.6. The molecular weight excluding hydrogens is 476 g/mol. The predicted octanol–water partition coefficient (Wildman–Crippen LogP) is 5.60. The van der Waals surface area contributed by atoms with Crippen LogP contribution in [0.5, 0.6) is 0 Å². The normalized spacial score (nSPS) is 15.9. The van der Waals surface area contributed by atoms with Gasteiger partial charge in [-0.3, -0.25) is 4.79 Å². The van der Waals surface area contributed by atoms with E-state index >= 15 is 0 Å². The maximum atomic E-state index is 13.3. The zero-order valence-electron chi connectivity index (χ0n) is 22.6. The van der Waals surface area contributed by atoms with Crippen molar-refractivity contribution in [2.75, 3.05) is 13.1 Å². The second-order valence-electron chi connectivity index (χ2n) is 10.4. The second kappa shape index (κ2) is 13.3. The Kier molecular flexibility index (Phi) is 9.57. The van der Waals surface area contributed by atoms with E-state index in [1.165, 1.54) is 5.56 Å². The number of urea groups is 1. The fourth-order valence-corrected chi connectivity index (χ4v) is 5.38. The highest BCUT2D eigenvalue weighted by atomic mass is 16.2. The summed E-state index contributed by atoms with van der Waals surface area (Å²) in [5.74, 6) is 0.0284. The molecule has 1 aliphatic rings. The highest BCUT2D eigenvalue weighted by molar-refractivity contribution is 5.91. The summed E-state index contributed by atoms with van der Waals surface area (Å²) in [5, 5.41) is 7.24. The van der Waals surface area contributed by atoms with Crippen molar-refractivity contribution in [3.63, 3.8) is 0 Å². The fourth-order valence-electron chi connectivity index (χ4n) is 5.38.